The van der Waals surface area contributed by atoms with Gasteiger partial charge in [0.15, 0.2) is 0 Å². The Bertz CT molecular complexity index is 473. The van der Waals surface area contributed by atoms with Crippen LogP contribution in [-0.4, -0.2) is 9.97 Å². The molecule has 6 heteroatoms. The summed E-state index contributed by atoms with van der Waals surface area (Å²) in [7, 11) is 0. The van der Waals surface area contributed by atoms with Gasteiger partial charge >= 0.3 is 0 Å². The monoisotopic (exact) mass is 361 g/mol. The van der Waals surface area contributed by atoms with Gasteiger partial charge in [-0.1, -0.05) is 0 Å². The van der Waals surface area contributed by atoms with E-state index in [4.69, 9.17) is 5.73 Å². The zero-order valence-corrected chi connectivity index (χ0v) is 12.2. The van der Waals surface area contributed by atoms with Gasteiger partial charge in [0.1, 0.15) is 0 Å². The van der Waals surface area contributed by atoms with Crippen molar-refractivity contribution < 1.29 is 0 Å². The van der Waals surface area contributed by atoms with Crippen molar-refractivity contribution in [3.05, 3.63) is 43.5 Å². The van der Waals surface area contributed by atoms with Gasteiger partial charge in [0, 0.05) is 33.1 Å². The molecule has 0 saturated heterocycles. The van der Waals surface area contributed by atoms with Gasteiger partial charge in [0.2, 0.25) is 0 Å². The van der Waals surface area contributed by atoms with E-state index in [1.807, 2.05) is 11.4 Å². The molecular weight excluding hydrogens is 354 g/mol. The minimum absolute atomic E-state index is 0.131. The van der Waals surface area contributed by atoms with Gasteiger partial charge in [-0.15, -0.1) is 11.3 Å². The molecule has 2 N–H and O–H groups in total. The lowest BCUT2D eigenvalue weighted by Crippen LogP contribution is -2.15. The molecule has 1 unspecified atom stereocenters. The van der Waals surface area contributed by atoms with Crippen molar-refractivity contribution in [1.82, 2.24) is 9.97 Å². The molecule has 0 aliphatic carbocycles. The third kappa shape index (κ3) is 2.88. The fourth-order valence-electron chi connectivity index (χ4n) is 1.34. The van der Waals surface area contributed by atoms with Gasteiger partial charge in [-0.3, -0.25) is 4.98 Å². The minimum Gasteiger partial charge on any atom is -0.322 e. The van der Waals surface area contributed by atoms with Crippen LogP contribution in [0.25, 0.3) is 0 Å². The summed E-state index contributed by atoms with van der Waals surface area (Å²) in [6.07, 6.45) is 4.25. The topological polar surface area (TPSA) is 51.8 Å². The number of rotatable bonds is 3. The lowest BCUT2D eigenvalue weighted by molar-refractivity contribution is 0.688. The SMILES string of the molecule is NC(Cc1nccs1)c1ncc(Br)cc1Br. The number of aromatic nitrogens is 2. The van der Waals surface area contributed by atoms with Crippen molar-refractivity contribution in [3.63, 3.8) is 0 Å². The van der Waals surface area contributed by atoms with Gasteiger partial charge in [-0.25, -0.2) is 4.98 Å². The van der Waals surface area contributed by atoms with E-state index in [0.717, 1.165) is 19.6 Å². The number of nitrogens with zero attached hydrogens (tertiary/aromatic N) is 2. The first-order valence-corrected chi connectivity index (χ1v) is 7.08. The minimum atomic E-state index is -0.131. The molecule has 0 aliphatic rings. The quantitative estimate of drug-likeness (QED) is 0.911. The Balaban J connectivity index is 2.17. The lowest BCUT2D eigenvalue weighted by atomic mass is 10.1. The van der Waals surface area contributed by atoms with Crippen LogP contribution in [0.3, 0.4) is 0 Å². The highest BCUT2D eigenvalue weighted by Crippen LogP contribution is 2.25. The Morgan fingerprint density at radius 1 is 1.38 bits per heavy atom. The predicted molar refractivity (Wildman–Crippen MR) is 72.4 cm³/mol. The summed E-state index contributed by atoms with van der Waals surface area (Å²) in [6.45, 7) is 0. The standard InChI is InChI=1S/C10H9Br2N3S/c11-6-3-7(12)10(15-5-6)8(13)4-9-14-1-2-16-9/h1-3,5,8H,4,13H2. The largest absolute Gasteiger partial charge is 0.322 e. The third-order valence-electron chi connectivity index (χ3n) is 2.07. The van der Waals surface area contributed by atoms with E-state index in [0.29, 0.717) is 6.42 Å². The van der Waals surface area contributed by atoms with Crippen LogP contribution in [-0.2, 0) is 6.42 Å². The molecule has 84 valence electrons. The highest BCUT2D eigenvalue weighted by Gasteiger charge is 2.13. The summed E-state index contributed by atoms with van der Waals surface area (Å²) in [4.78, 5) is 8.53. The molecule has 0 saturated carbocycles. The Hall–Kier alpha value is -0.300. The molecule has 3 nitrogen and oxygen atoms in total. The molecular formula is C10H9Br2N3S. The van der Waals surface area contributed by atoms with E-state index < -0.39 is 0 Å². The number of thiazole rings is 1. The molecule has 2 aromatic heterocycles. The molecule has 0 spiro atoms. The van der Waals surface area contributed by atoms with Gasteiger partial charge in [0.25, 0.3) is 0 Å². The maximum atomic E-state index is 6.10. The van der Waals surface area contributed by atoms with Crippen molar-refractivity contribution in [2.45, 2.75) is 12.5 Å². The first-order chi connectivity index (χ1) is 7.66. The van der Waals surface area contributed by atoms with Gasteiger partial charge in [-0.05, 0) is 37.9 Å². The maximum Gasteiger partial charge on any atom is 0.0944 e. The molecule has 0 aromatic carbocycles. The van der Waals surface area contributed by atoms with Gasteiger partial charge in [0.05, 0.1) is 16.7 Å². The van der Waals surface area contributed by atoms with E-state index in [1.165, 1.54) is 0 Å². The maximum absolute atomic E-state index is 6.10. The van der Waals surface area contributed by atoms with Gasteiger partial charge in [-0.2, -0.15) is 0 Å². The van der Waals surface area contributed by atoms with E-state index in [1.54, 1.807) is 23.7 Å². The number of nitrogens with two attached hydrogens (primary N) is 1. The van der Waals surface area contributed by atoms with Crippen LogP contribution in [0.1, 0.15) is 16.7 Å². The second-order valence-corrected chi connectivity index (χ2v) is 6.01. The summed E-state index contributed by atoms with van der Waals surface area (Å²) < 4.78 is 1.86. The highest BCUT2D eigenvalue weighted by atomic mass is 79.9. The zero-order chi connectivity index (χ0) is 11.5. The van der Waals surface area contributed by atoms with Crippen molar-refractivity contribution in [2.24, 2.45) is 5.73 Å². The number of hydrogen-bond donors (Lipinski definition) is 1. The number of hydrogen-bond acceptors (Lipinski definition) is 4. The van der Waals surface area contributed by atoms with E-state index >= 15 is 0 Å². The lowest BCUT2D eigenvalue weighted by Gasteiger charge is -2.11. The molecule has 1 atom stereocenters. The van der Waals surface area contributed by atoms with Crippen LogP contribution in [0.2, 0.25) is 0 Å². The molecule has 0 fully saturated rings. The van der Waals surface area contributed by atoms with Gasteiger partial charge < -0.3 is 5.73 Å². The molecule has 0 radical (unpaired) electrons. The summed E-state index contributed by atoms with van der Waals surface area (Å²) in [5, 5.41) is 2.98. The van der Waals surface area contributed by atoms with Crippen LogP contribution in [0.5, 0.6) is 0 Å². The van der Waals surface area contributed by atoms with Crippen LogP contribution in [0, 0.1) is 0 Å². The van der Waals surface area contributed by atoms with Crippen molar-refractivity contribution >= 4 is 43.2 Å². The van der Waals surface area contributed by atoms with Crippen molar-refractivity contribution in [1.29, 1.82) is 0 Å². The molecule has 0 bridgehead atoms. The molecule has 0 amide bonds. The highest BCUT2D eigenvalue weighted by molar-refractivity contribution is 9.11. The number of pyridine rings is 1. The average Bonchev–Trinajstić information content (AvgIpc) is 2.70. The van der Waals surface area contributed by atoms with Crippen LogP contribution >= 0.6 is 43.2 Å². The summed E-state index contributed by atoms with van der Waals surface area (Å²) in [5.74, 6) is 0. The van der Waals surface area contributed by atoms with Crippen LogP contribution in [0.4, 0.5) is 0 Å². The average molecular weight is 363 g/mol. The zero-order valence-electron chi connectivity index (χ0n) is 8.23. The van der Waals surface area contributed by atoms with Crippen molar-refractivity contribution in [2.75, 3.05) is 0 Å². The molecule has 2 heterocycles. The molecule has 2 aromatic rings. The Morgan fingerprint density at radius 3 is 2.81 bits per heavy atom. The van der Waals surface area contributed by atoms with E-state index in [9.17, 15) is 0 Å². The van der Waals surface area contributed by atoms with Crippen LogP contribution < -0.4 is 5.73 Å². The van der Waals surface area contributed by atoms with Crippen molar-refractivity contribution in [3.8, 4) is 0 Å². The molecule has 0 aliphatic heterocycles. The summed E-state index contributed by atoms with van der Waals surface area (Å²) in [6, 6.07) is 1.82. The fraction of sp³-hybridized carbons (Fsp3) is 0.200. The Kier molecular flexibility index (Phi) is 4.07. The number of halogens is 2. The van der Waals surface area contributed by atoms with Crippen LogP contribution in [0.15, 0.2) is 32.8 Å². The second-order valence-electron chi connectivity index (χ2n) is 3.26. The molecule has 16 heavy (non-hydrogen) atoms. The Morgan fingerprint density at radius 2 is 2.19 bits per heavy atom. The summed E-state index contributed by atoms with van der Waals surface area (Å²) >= 11 is 8.44. The first kappa shape index (κ1) is 12.2. The smallest absolute Gasteiger partial charge is 0.0944 e. The fourth-order valence-corrected chi connectivity index (χ4v) is 3.29. The summed E-state index contributed by atoms with van der Waals surface area (Å²) in [5.41, 5.74) is 6.96. The molecule has 2 rings (SSSR count). The second kappa shape index (κ2) is 5.35. The van der Waals surface area contributed by atoms with E-state index in [2.05, 4.69) is 41.8 Å². The van der Waals surface area contributed by atoms with E-state index in [-0.39, 0.29) is 6.04 Å². The normalized spacial score (nSPS) is 12.7. The predicted octanol–water partition coefficient (Wildman–Crippen LogP) is 3.31. The third-order valence-corrected chi connectivity index (χ3v) is 3.94. The first-order valence-electron chi connectivity index (χ1n) is 4.61. The Labute approximate surface area is 114 Å².